The van der Waals surface area contributed by atoms with E-state index in [1.807, 2.05) is 0 Å². The molecule has 0 bridgehead atoms. The second-order valence-electron chi connectivity index (χ2n) is 0.266. The third-order valence-corrected chi connectivity index (χ3v) is 0.750. The van der Waals surface area contributed by atoms with Crippen LogP contribution in [0.1, 0.15) is 0 Å². The Hall–Kier alpha value is 1.08. The Labute approximate surface area is 78.2 Å². The van der Waals surface area contributed by atoms with Gasteiger partial charge in [-0.05, 0) is 0 Å². The molecule has 0 aliphatic carbocycles. The third kappa shape index (κ3) is 60.6. The van der Waals surface area contributed by atoms with Crippen molar-refractivity contribution in [2.45, 2.75) is 0 Å². The fraction of sp³-hybridized carbons (Fsp3) is 0. The molecule has 47 valence electrons. The van der Waals surface area contributed by atoms with E-state index in [1.54, 1.807) is 0 Å². The van der Waals surface area contributed by atoms with Crippen LogP contribution in [0.3, 0.4) is 0 Å². The van der Waals surface area contributed by atoms with Gasteiger partial charge in [-0.2, -0.15) is 0 Å². The Bertz CT molecular complexity index is 49.3. The van der Waals surface area contributed by atoms with E-state index in [-0.39, 0.29) is 19.5 Å². The summed E-state index contributed by atoms with van der Waals surface area (Å²) in [6.45, 7) is 0. The van der Waals surface area contributed by atoms with Crippen LogP contribution in [0.25, 0.3) is 0 Å². The van der Waals surface area contributed by atoms with Gasteiger partial charge < -0.3 is 9.26 Å². The molecular formula is HO4RhSbSi2. The molecule has 0 rings (SSSR count). The molecule has 0 heterocycles. The second-order valence-corrected chi connectivity index (χ2v) is 2.36. The summed E-state index contributed by atoms with van der Waals surface area (Å²) in [6.07, 6.45) is 0. The Balaban J connectivity index is -0.0000000575. The number of hydrogen-bond acceptors (Lipinski definition) is 3. The van der Waals surface area contributed by atoms with Gasteiger partial charge in [-0.3, -0.25) is 0 Å². The Morgan fingerprint density at radius 3 is 1.62 bits per heavy atom. The second kappa shape index (κ2) is 24.3. The van der Waals surface area contributed by atoms with Crippen LogP contribution in [0.5, 0.6) is 0 Å². The van der Waals surface area contributed by atoms with Gasteiger partial charge in [0, 0.05) is 19.5 Å². The van der Waals surface area contributed by atoms with E-state index < -0.39 is 19.3 Å². The summed E-state index contributed by atoms with van der Waals surface area (Å²) in [7, 11) is -1.75. The van der Waals surface area contributed by atoms with E-state index in [4.69, 9.17) is 13.7 Å². The predicted molar refractivity (Wildman–Crippen MR) is 21.9 cm³/mol. The van der Waals surface area contributed by atoms with Gasteiger partial charge in [0.05, 0.1) is 0 Å². The predicted octanol–water partition coefficient (Wildman–Crippen LogP) is -2.01. The van der Waals surface area contributed by atoms with Gasteiger partial charge in [0.25, 0.3) is 0 Å². The van der Waals surface area contributed by atoms with Gasteiger partial charge in [0.15, 0.2) is 0 Å². The molecule has 0 atom stereocenters. The smallest absolute Gasteiger partial charge is 0 e. The van der Waals surface area contributed by atoms with Gasteiger partial charge >= 0.3 is 49.9 Å². The minimum Gasteiger partial charge on any atom is 0 e. The topological polar surface area (TPSA) is 63.6 Å². The molecule has 0 saturated heterocycles. The molecular weight excluding hydrogens is 345 g/mol. The molecule has 0 aliphatic rings. The minimum atomic E-state index is -1.17. The zero-order chi connectivity index (χ0) is 6.12. The van der Waals surface area contributed by atoms with Crippen molar-refractivity contribution in [1.82, 2.24) is 0 Å². The van der Waals surface area contributed by atoms with Crippen molar-refractivity contribution in [2.75, 3.05) is 0 Å². The van der Waals surface area contributed by atoms with Crippen LogP contribution in [0.15, 0.2) is 0 Å². The van der Waals surface area contributed by atoms with Crippen LogP contribution in [-0.2, 0) is 31.1 Å². The maximum absolute atomic E-state index is 9.12. The molecule has 0 amide bonds. The molecule has 5 radical (unpaired) electrons. The first kappa shape index (κ1) is 16.0. The molecule has 0 spiro atoms. The summed E-state index contributed by atoms with van der Waals surface area (Å²) in [5, 5.41) is 0. The average Bonchev–Trinajstić information content (AvgIpc) is 1.69. The monoisotopic (exact) mass is 345 g/mol. The molecule has 8 heteroatoms. The van der Waals surface area contributed by atoms with Crippen molar-refractivity contribution in [3.63, 3.8) is 0 Å². The van der Waals surface area contributed by atoms with Crippen molar-refractivity contribution in [3.05, 3.63) is 0 Å². The Kier molecular flexibility index (Phi) is 48.8. The molecule has 8 heavy (non-hydrogen) atoms. The number of hydrogen-bond donors (Lipinski definition) is 1. The van der Waals surface area contributed by atoms with E-state index in [2.05, 4.69) is 2.70 Å². The van der Waals surface area contributed by atoms with E-state index >= 15 is 0 Å². The van der Waals surface area contributed by atoms with Gasteiger partial charge in [-0.25, -0.2) is 0 Å². The van der Waals surface area contributed by atoms with Gasteiger partial charge in [-0.15, -0.1) is 0 Å². The first-order chi connectivity index (χ1) is 3.33. The van der Waals surface area contributed by atoms with Crippen molar-refractivity contribution in [1.29, 1.82) is 0 Å². The minimum absolute atomic E-state index is 0. The number of rotatable bonds is 1. The zero-order valence-electron chi connectivity index (χ0n) is 3.45. The standard InChI is InChI=1S/HO2Si.O2Si.Rh.Sb/c2*1-3-2;;/h1H;;;/q;-1;;+1. The molecule has 1 N–H and O–H groups in total. The van der Waals surface area contributed by atoms with Crippen molar-refractivity contribution in [2.24, 2.45) is 0 Å². The SMILES string of the molecule is O=[Si]O.O=[Si][O][Sb].[Rh]. The molecule has 0 saturated carbocycles. The maximum atomic E-state index is 9.12. The van der Waals surface area contributed by atoms with Gasteiger partial charge in [0.2, 0.25) is 0 Å². The summed E-state index contributed by atoms with van der Waals surface area (Å²) in [6, 6.07) is 0. The first-order valence-corrected chi connectivity index (χ1v) is 3.73. The molecule has 0 unspecified atom stereocenters. The third-order valence-electron chi connectivity index (χ3n) is 0.0373. The van der Waals surface area contributed by atoms with Crippen LogP contribution in [0.4, 0.5) is 0 Å². The van der Waals surface area contributed by atoms with Gasteiger partial charge in [-0.1, -0.05) is 0 Å². The fourth-order valence-corrected chi connectivity index (χ4v) is 0. The molecule has 0 aromatic carbocycles. The van der Waals surface area contributed by atoms with E-state index in [0.717, 1.165) is 23.4 Å². The van der Waals surface area contributed by atoms with E-state index in [1.165, 1.54) is 0 Å². The fourth-order valence-electron chi connectivity index (χ4n) is 0. The van der Waals surface area contributed by atoms with Gasteiger partial charge in [0.1, 0.15) is 0 Å². The maximum Gasteiger partial charge on any atom is 0 e. The molecule has 0 fully saturated rings. The van der Waals surface area contributed by atoms with Crippen molar-refractivity contribution < 1.29 is 35.9 Å². The van der Waals surface area contributed by atoms with Crippen LogP contribution in [0, 0.1) is 0 Å². The molecule has 0 aromatic heterocycles. The molecule has 0 aromatic rings. The van der Waals surface area contributed by atoms with E-state index in [0.29, 0.717) is 0 Å². The summed E-state index contributed by atoms with van der Waals surface area (Å²) in [5.41, 5.74) is 0. The molecule has 4 nitrogen and oxygen atoms in total. The quantitative estimate of drug-likeness (QED) is 0.558. The first-order valence-electron chi connectivity index (χ1n) is 1.02. The Morgan fingerprint density at radius 1 is 1.50 bits per heavy atom. The normalized spacial score (nSPS) is 4.12. The summed E-state index contributed by atoms with van der Waals surface area (Å²) in [5.74, 6) is 0. The van der Waals surface area contributed by atoms with Crippen LogP contribution in [-0.4, -0.2) is 47.5 Å². The average molecular weight is 346 g/mol. The largest absolute Gasteiger partial charge is 0 e. The van der Waals surface area contributed by atoms with Crippen molar-refractivity contribution >= 4 is 42.7 Å². The molecule has 0 aliphatic heterocycles. The zero-order valence-corrected chi connectivity index (χ0v) is 9.64. The summed E-state index contributed by atoms with van der Waals surface area (Å²) < 4.78 is 21.7. The van der Waals surface area contributed by atoms with Crippen LogP contribution in [0.2, 0.25) is 0 Å². The van der Waals surface area contributed by atoms with Crippen molar-refractivity contribution in [3.8, 4) is 0 Å². The summed E-state index contributed by atoms with van der Waals surface area (Å²) in [4.78, 5) is 7.04. The van der Waals surface area contributed by atoms with Crippen LogP contribution < -0.4 is 0 Å². The van der Waals surface area contributed by atoms with Crippen LogP contribution >= 0.6 is 0 Å². The summed E-state index contributed by atoms with van der Waals surface area (Å²) >= 11 is 1.10. The van der Waals surface area contributed by atoms with E-state index in [9.17, 15) is 0 Å². The Morgan fingerprint density at radius 2 is 1.62 bits per heavy atom.